The summed E-state index contributed by atoms with van der Waals surface area (Å²) in [5.74, 6) is -1.23. The molecule has 0 aromatic heterocycles. The van der Waals surface area contributed by atoms with Crippen molar-refractivity contribution in [1.29, 1.82) is 0 Å². The molecule has 1 aromatic rings. The lowest BCUT2D eigenvalue weighted by atomic mass is 10.0. The van der Waals surface area contributed by atoms with Crippen LogP contribution in [-0.2, 0) is 19.1 Å². The molecular formula is C18H19NO5. The molecule has 2 rings (SSSR count). The molecule has 1 aliphatic rings. The zero-order valence-electron chi connectivity index (χ0n) is 14.1. The van der Waals surface area contributed by atoms with Gasteiger partial charge in [-0.15, -0.1) is 0 Å². The van der Waals surface area contributed by atoms with Gasteiger partial charge in [-0.3, -0.25) is 4.79 Å². The van der Waals surface area contributed by atoms with E-state index in [-0.39, 0.29) is 17.1 Å². The van der Waals surface area contributed by atoms with Crippen LogP contribution in [0.25, 0.3) is 6.08 Å². The number of ether oxygens (including phenoxy) is 2. The van der Waals surface area contributed by atoms with E-state index in [4.69, 9.17) is 4.74 Å². The first kappa shape index (κ1) is 17.5. The standard InChI is InChI=1S/C18H19NO5/c1-5-19-11(2)15(18(22)24-4)14(16(19)20)10-12-6-8-13(9-7-12)17(21)23-3/h6-10H,5H2,1-4H3/b14-10-. The third-order valence-corrected chi connectivity index (χ3v) is 3.86. The number of hydrogen-bond donors (Lipinski definition) is 0. The number of methoxy groups -OCH3 is 2. The Morgan fingerprint density at radius 2 is 1.67 bits per heavy atom. The first-order valence-corrected chi connectivity index (χ1v) is 7.46. The van der Waals surface area contributed by atoms with E-state index in [0.29, 0.717) is 23.4 Å². The second-order valence-corrected chi connectivity index (χ2v) is 5.17. The van der Waals surface area contributed by atoms with Crippen molar-refractivity contribution in [2.75, 3.05) is 20.8 Å². The van der Waals surface area contributed by atoms with E-state index in [2.05, 4.69) is 4.74 Å². The van der Waals surface area contributed by atoms with Crippen LogP contribution in [-0.4, -0.2) is 43.5 Å². The summed E-state index contributed by atoms with van der Waals surface area (Å²) in [7, 11) is 2.59. The van der Waals surface area contributed by atoms with E-state index in [0.717, 1.165) is 0 Å². The van der Waals surface area contributed by atoms with Gasteiger partial charge in [0.05, 0.1) is 30.9 Å². The summed E-state index contributed by atoms with van der Waals surface area (Å²) in [6.45, 7) is 4.02. The fourth-order valence-electron chi connectivity index (χ4n) is 2.61. The molecule has 1 heterocycles. The van der Waals surface area contributed by atoms with E-state index in [9.17, 15) is 14.4 Å². The van der Waals surface area contributed by atoms with Crippen LogP contribution in [0, 0.1) is 0 Å². The van der Waals surface area contributed by atoms with Crippen molar-refractivity contribution in [3.05, 3.63) is 52.2 Å². The molecule has 6 nitrogen and oxygen atoms in total. The molecule has 0 saturated carbocycles. The number of rotatable bonds is 4. The van der Waals surface area contributed by atoms with E-state index in [1.165, 1.54) is 19.1 Å². The van der Waals surface area contributed by atoms with Gasteiger partial charge in [0, 0.05) is 12.2 Å². The Hall–Kier alpha value is -2.89. The highest BCUT2D eigenvalue weighted by Gasteiger charge is 2.36. The highest BCUT2D eigenvalue weighted by Crippen LogP contribution is 2.31. The molecule has 0 saturated heterocycles. The lowest BCUT2D eigenvalue weighted by Crippen LogP contribution is -2.24. The molecule has 6 heteroatoms. The Bertz CT molecular complexity index is 743. The van der Waals surface area contributed by atoms with Gasteiger partial charge in [-0.2, -0.15) is 0 Å². The van der Waals surface area contributed by atoms with Crippen LogP contribution in [0.4, 0.5) is 0 Å². The Morgan fingerprint density at radius 1 is 1.08 bits per heavy atom. The first-order valence-electron chi connectivity index (χ1n) is 7.46. The quantitative estimate of drug-likeness (QED) is 0.625. The summed E-state index contributed by atoms with van der Waals surface area (Å²) in [6.07, 6.45) is 1.62. The summed E-state index contributed by atoms with van der Waals surface area (Å²) in [5, 5.41) is 0. The smallest absolute Gasteiger partial charge is 0.340 e. The van der Waals surface area contributed by atoms with Crippen LogP contribution in [0.15, 0.2) is 41.1 Å². The van der Waals surface area contributed by atoms with Crippen LogP contribution >= 0.6 is 0 Å². The molecule has 0 spiro atoms. The highest BCUT2D eigenvalue weighted by molar-refractivity contribution is 6.16. The Labute approximate surface area is 140 Å². The van der Waals surface area contributed by atoms with E-state index in [1.807, 2.05) is 6.92 Å². The summed E-state index contributed by atoms with van der Waals surface area (Å²) in [5.41, 5.74) is 2.23. The summed E-state index contributed by atoms with van der Waals surface area (Å²) in [6, 6.07) is 6.57. The third kappa shape index (κ3) is 3.08. The van der Waals surface area contributed by atoms with Gasteiger partial charge in [0.25, 0.3) is 5.91 Å². The van der Waals surface area contributed by atoms with Crippen molar-refractivity contribution in [2.24, 2.45) is 0 Å². The average molecular weight is 329 g/mol. The van der Waals surface area contributed by atoms with E-state index < -0.39 is 11.9 Å². The summed E-state index contributed by atoms with van der Waals surface area (Å²) >= 11 is 0. The molecule has 1 aliphatic heterocycles. The number of carbonyl (C=O) groups excluding carboxylic acids is 3. The van der Waals surface area contributed by atoms with Gasteiger partial charge < -0.3 is 14.4 Å². The Morgan fingerprint density at radius 3 is 2.17 bits per heavy atom. The molecule has 24 heavy (non-hydrogen) atoms. The van der Waals surface area contributed by atoms with Crippen molar-refractivity contribution in [2.45, 2.75) is 13.8 Å². The van der Waals surface area contributed by atoms with Crippen LogP contribution in [0.2, 0.25) is 0 Å². The van der Waals surface area contributed by atoms with E-state index in [1.54, 1.807) is 37.3 Å². The van der Waals surface area contributed by atoms with Crippen LogP contribution < -0.4 is 0 Å². The number of allylic oxidation sites excluding steroid dienone is 1. The lowest BCUT2D eigenvalue weighted by Gasteiger charge is -2.14. The SMILES string of the molecule is CCN1C(=O)/C(=C\c2ccc(C(=O)OC)cc2)C(C(=O)OC)=C1C. The highest BCUT2D eigenvalue weighted by atomic mass is 16.5. The molecule has 126 valence electrons. The predicted molar refractivity (Wildman–Crippen MR) is 87.9 cm³/mol. The number of likely N-dealkylation sites (N-methyl/N-ethyl adjacent to an activating group) is 1. The number of hydrogen-bond acceptors (Lipinski definition) is 5. The Kier molecular flexibility index (Phi) is 5.18. The average Bonchev–Trinajstić information content (AvgIpc) is 2.84. The van der Waals surface area contributed by atoms with Crippen molar-refractivity contribution in [3.8, 4) is 0 Å². The van der Waals surface area contributed by atoms with Gasteiger partial charge >= 0.3 is 11.9 Å². The molecule has 1 aromatic carbocycles. The van der Waals surface area contributed by atoms with Gasteiger partial charge in [-0.05, 0) is 37.6 Å². The van der Waals surface area contributed by atoms with Gasteiger partial charge in [0.1, 0.15) is 0 Å². The molecule has 0 bridgehead atoms. The number of amides is 1. The fraction of sp³-hybridized carbons (Fsp3) is 0.278. The third-order valence-electron chi connectivity index (χ3n) is 3.86. The largest absolute Gasteiger partial charge is 0.465 e. The van der Waals surface area contributed by atoms with Crippen LogP contribution in [0.1, 0.15) is 29.8 Å². The molecule has 0 fully saturated rings. The van der Waals surface area contributed by atoms with Crippen molar-refractivity contribution in [1.82, 2.24) is 4.90 Å². The van der Waals surface area contributed by atoms with Crippen molar-refractivity contribution >= 4 is 23.9 Å². The normalized spacial score (nSPS) is 15.9. The maximum absolute atomic E-state index is 12.5. The predicted octanol–water partition coefficient (Wildman–Crippen LogP) is 2.17. The van der Waals surface area contributed by atoms with Crippen LogP contribution in [0.5, 0.6) is 0 Å². The van der Waals surface area contributed by atoms with Crippen LogP contribution in [0.3, 0.4) is 0 Å². The second-order valence-electron chi connectivity index (χ2n) is 5.17. The monoisotopic (exact) mass is 329 g/mol. The molecule has 0 aliphatic carbocycles. The summed E-state index contributed by atoms with van der Waals surface area (Å²) in [4.78, 5) is 37.6. The number of nitrogens with zero attached hydrogens (tertiary/aromatic N) is 1. The topological polar surface area (TPSA) is 72.9 Å². The molecule has 0 N–H and O–H groups in total. The zero-order chi connectivity index (χ0) is 17.9. The first-order chi connectivity index (χ1) is 11.4. The van der Waals surface area contributed by atoms with Gasteiger partial charge in [0.2, 0.25) is 0 Å². The van der Waals surface area contributed by atoms with Crippen molar-refractivity contribution < 1.29 is 23.9 Å². The van der Waals surface area contributed by atoms with Gasteiger partial charge in [-0.25, -0.2) is 9.59 Å². The summed E-state index contributed by atoms with van der Waals surface area (Å²) < 4.78 is 9.45. The lowest BCUT2D eigenvalue weighted by molar-refractivity contribution is -0.136. The minimum Gasteiger partial charge on any atom is -0.465 e. The fourth-order valence-corrected chi connectivity index (χ4v) is 2.61. The maximum atomic E-state index is 12.5. The number of esters is 2. The second kappa shape index (κ2) is 7.12. The van der Waals surface area contributed by atoms with Gasteiger partial charge in [-0.1, -0.05) is 12.1 Å². The minimum absolute atomic E-state index is 0.243. The van der Waals surface area contributed by atoms with Crippen molar-refractivity contribution in [3.63, 3.8) is 0 Å². The van der Waals surface area contributed by atoms with E-state index >= 15 is 0 Å². The molecular weight excluding hydrogens is 310 g/mol. The number of carbonyl (C=O) groups is 3. The van der Waals surface area contributed by atoms with Gasteiger partial charge in [0.15, 0.2) is 0 Å². The minimum atomic E-state index is -0.547. The maximum Gasteiger partial charge on any atom is 0.340 e. The zero-order valence-corrected chi connectivity index (χ0v) is 14.1. The molecule has 0 unspecified atom stereocenters. The Balaban J connectivity index is 2.44. The molecule has 1 amide bonds. The molecule has 0 radical (unpaired) electrons. The number of benzene rings is 1. The molecule has 0 atom stereocenters.